The fourth-order valence-electron chi connectivity index (χ4n) is 2.48. The second-order valence-corrected chi connectivity index (χ2v) is 7.32. The van der Waals surface area contributed by atoms with E-state index in [9.17, 15) is 13.2 Å². The lowest BCUT2D eigenvalue weighted by molar-refractivity contribution is 0.0601. The van der Waals surface area contributed by atoms with E-state index in [4.69, 9.17) is 0 Å². The highest BCUT2D eigenvalue weighted by Gasteiger charge is 2.21. The molecular formula is C20H22N2O4S. The molecule has 0 fully saturated rings. The average molecular weight is 386 g/mol. The van der Waals surface area contributed by atoms with Gasteiger partial charge in [0.15, 0.2) is 0 Å². The standard InChI is InChI=1S/C20H22N2O4S/c1-5-14(3)17-8-7-9-18(19(17)21-6-2)27(24,25)22-16-12-10-15(11-13-16)20(23)26-4/h6-13,22H,3,5H2,1-2,4H3. The number of hydrogen-bond acceptors (Lipinski definition) is 5. The highest BCUT2D eigenvalue weighted by molar-refractivity contribution is 7.92. The van der Waals surface area contributed by atoms with Gasteiger partial charge in [0, 0.05) is 17.5 Å². The van der Waals surface area contributed by atoms with Gasteiger partial charge in [-0.2, -0.15) is 0 Å². The van der Waals surface area contributed by atoms with Gasteiger partial charge in [-0.05, 0) is 49.2 Å². The molecule has 7 heteroatoms. The highest BCUT2D eigenvalue weighted by Crippen LogP contribution is 2.34. The van der Waals surface area contributed by atoms with Crippen molar-refractivity contribution in [1.82, 2.24) is 0 Å². The van der Waals surface area contributed by atoms with E-state index >= 15 is 0 Å². The number of benzene rings is 2. The van der Waals surface area contributed by atoms with E-state index in [-0.39, 0.29) is 4.90 Å². The van der Waals surface area contributed by atoms with Crippen LogP contribution in [0, 0.1) is 0 Å². The van der Waals surface area contributed by atoms with Crippen molar-refractivity contribution < 1.29 is 17.9 Å². The number of aliphatic imine (C=N–C) groups is 1. The summed E-state index contributed by atoms with van der Waals surface area (Å²) in [5, 5.41) is 0. The van der Waals surface area contributed by atoms with Crippen LogP contribution in [0.5, 0.6) is 0 Å². The van der Waals surface area contributed by atoms with Gasteiger partial charge < -0.3 is 4.74 Å². The Kier molecular flexibility index (Phi) is 6.52. The summed E-state index contributed by atoms with van der Waals surface area (Å²) in [7, 11) is -2.61. The molecule has 6 nitrogen and oxygen atoms in total. The van der Waals surface area contributed by atoms with Gasteiger partial charge in [0.2, 0.25) is 0 Å². The van der Waals surface area contributed by atoms with Crippen LogP contribution in [0.1, 0.15) is 36.2 Å². The van der Waals surface area contributed by atoms with Gasteiger partial charge in [0.25, 0.3) is 10.0 Å². The maximum absolute atomic E-state index is 12.9. The molecule has 0 bridgehead atoms. The molecule has 0 saturated heterocycles. The Bertz CT molecular complexity index is 978. The Morgan fingerprint density at radius 3 is 2.44 bits per heavy atom. The molecule has 2 aromatic rings. The molecule has 0 unspecified atom stereocenters. The van der Waals surface area contributed by atoms with Crippen molar-refractivity contribution in [1.29, 1.82) is 0 Å². The van der Waals surface area contributed by atoms with Crippen molar-refractivity contribution in [2.45, 2.75) is 25.2 Å². The summed E-state index contributed by atoms with van der Waals surface area (Å²) < 4.78 is 33.0. The van der Waals surface area contributed by atoms with E-state index in [1.165, 1.54) is 37.4 Å². The van der Waals surface area contributed by atoms with E-state index in [1.54, 1.807) is 25.3 Å². The third kappa shape index (κ3) is 4.62. The molecule has 0 saturated carbocycles. The molecular weight excluding hydrogens is 364 g/mol. The number of carbonyl (C=O) groups is 1. The molecule has 0 aliphatic heterocycles. The molecule has 27 heavy (non-hydrogen) atoms. The number of nitrogens with one attached hydrogen (secondary N) is 1. The second kappa shape index (κ2) is 8.64. The lowest BCUT2D eigenvalue weighted by Crippen LogP contribution is -2.14. The zero-order chi connectivity index (χ0) is 20.0. The summed E-state index contributed by atoms with van der Waals surface area (Å²) in [6.45, 7) is 7.67. The van der Waals surface area contributed by atoms with Crippen LogP contribution in [0.4, 0.5) is 11.4 Å². The molecule has 0 heterocycles. The Morgan fingerprint density at radius 2 is 1.89 bits per heavy atom. The van der Waals surface area contributed by atoms with E-state index in [1.807, 2.05) is 6.92 Å². The lowest BCUT2D eigenvalue weighted by Gasteiger charge is -2.14. The third-order valence-electron chi connectivity index (χ3n) is 3.91. The fourth-order valence-corrected chi connectivity index (χ4v) is 3.71. The smallest absolute Gasteiger partial charge is 0.337 e. The number of sulfonamides is 1. The van der Waals surface area contributed by atoms with Crippen molar-refractivity contribution in [3.63, 3.8) is 0 Å². The molecule has 0 aliphatic rings. The van der Waals surface area contributed by atoms with Crippen LogP contribution in [0.2, 0.25) is 0 Å². The number of hydrogen-bond donors (Lipinski definition) is 1. The Morgan fingerprint density at radius 1 is 1.22 bits per heavy atom. The number of anilines is 1. The minimum absolute atomic E-state index is 0.0599. The van der Waals surface area contributed by atoms with E-state index in [0.29, 0.717) is 28.9 Å². The molecule has 0 aromatic heterocycles. The van der Waals surface area contributed by atoms with E-state index in [2.05, 4.69) is 21.0 Å². The van der Waals surface area contributed by atoms with Crippen molar-refractivity contribution in [2.24, 2.45) is 4.99 Å². The quantitative estimate of drug-likeness (QED) is 0.564. The Hall–Kier alpha value is -2.93. The molecule has 0 spiro atoms. The van der Waals surface area contributed by atoms with Crippen LogP contribution in [0.15, 0.2) is 58.9 Å². The van der Waals surface area contributed by atoms with Crippen LogP contribution in [-0.4, -0.2) is 27.7 Å². The normalized spacial score (nSPS) is 11.4. The topological polar surface area (TPSA) is 84.8 Å². The zero-order valence-corrected chi connectivity index (χ0v) is 16.3. The first kappa shape index (κ1) is 20.4. The van der Waals surface area contributed by atoms with Gasteiger partial charge in [0.1, 0.15) is 4.90 Å². The molecule has 2 rings (SSSR count). The number of carbonyl (C=O) groups excluding carboxylic acids is 1. The first-order chi connectivity index (χ1) is 12.8. The number of nitrogens with zero attached hydrogens (tertiary/aromatic N) is 1. The highest BCUT2D eigenvalue weighted by atomic mass is 32.2. The first-order valence-corrected chi connectivity index (χ1v) is 9.83. The fraction of sp³-hybridized carbons (Fsp3) is 0.200. The largest absolute Gasteiger partial charge is 0.465 e. The zero-order valence-electron chi connectivity index (χ0n) is 15.5. The predicted molar refractivity (Wildman–Crippen MR) is 108 cm³/mol. The summed E-state index contributed by atoms with van der Waals surface area (Å²) in [5.74, 6) is -0.491. The molecule has 0 radical (unpaired) electrons. The summed E-state index contributed by atoms with van der Waals surface area (Å²) in [6.07, 6.45) is 2.23. The van der Waals surface area contributed by atoms with Gasteiger partial charge in [-0.3, -0.25) is 9.71 Å². The lowest BCUT2D eigenvalue weighted by atomic mass is 10.0. The number of ether oxygens (including phenoxy) is 1. The van der Waals surface area contributed by atoms with E-state index < -0.39 is 16.0 Å². The van der Waals surface area contributed by atoms with Gasteiger partial charge in [0.05, 0.1) is 18.4 Å². The third-order valence-corrected chi connectivity index (χ3v) is 5.33. The Balaban J connectivity index is 2.44. The maximum Gasteiger partial charge on any atom is 0.337 e. The Labute approximate surface area is 159 Å². The average Bonchev–Trinajstić information content (AvgIpc) is 2.67. The number of esters is 1. The van der Waals surface area contributed by atoms with Crippen LogP contribution in [-0.2, 0) is 14.8 Å². The van der Waals surface area contributed by atoms with Crippen LogP contribution in [0.3, 0.4) is 0 Å². The SMILES string of the molecule is C=C(CC)c1cccc(S(=O)(=O)Nc2ccc(C(=O)OC)cc2)c1N=CC. The van der Waals surface area contributed by atoms with E-state index in [0.717, 1.165) is 5.57 Å². The molecule has 1 N–H and O–H groups in total. The summed E-state index contributed by atoms with van der Waals surface area (Å²) in [5.41, 5.74) is 2.51. The number of methoxy groups -OCH3 is 1. The molecule has 0 aliphatic carbocycles. The van der Waals surface area contributed by atoms with Crippen LogP contribution in [0.25, 0.3) is 5.57 Å². The summed E-state index contributed by atoms with van der Waals surface area (Å²) in [6, 6.07) is 11.0. The molecule has 2 aromatic carbocycles. The predicted octanol–water partition coefficient (Wildman–Crippen LogP) is 4.42. The summed E-state index contributed by atoms with van der Waals surface area (Å²) in [4.78, 5) is 15.8. The maximum atomic E-state index is 12.9. The van der Waals surface area contributed by atoms with Crippen molar-refractivity contribution in [3.8, 4) is 0 Å². The number of rotatable bonds is 7. The molecule has 142 valence electrons. The molecule has 0 atom stereocenters. The van der Waals surface area contributed by atoms with Gasteiger partial charge >= 0.3 is 5.97 Å². The van der Waals surface area contributed by atoms with Crippen LogP contribution < -0.4 is 4.72 Å². The monoisotopic (exact) mass is 386 g/mol. The van der Waals surface area contributed by atoms with Crippen molar-refractivity contribution in [2.75, 3.05) is 11.8 Å². The van der Waals surface area contributed by atoms with Crippen molar-refractivity contribution in [3.05, 3.63) is 60.2 Å². The minimum Gasteiger partial charge on any atom is -0.465 e. The van der Waals surface area contributed by atoms with Gasteiger partial charge in [-0.1, -0.05) is 25.6 Å². The van der Waals surface area contributed by atoms with Gasteiger partial charge in [-0.15, -0.1) is 0 Å². The number of para-hydroxylation sites is 1. The minimum atomic E-state index is -3.89. The van der Waals surface area contributed by atoms with Crippen molar-refractivity contribution >= 4 is 39.2 Å². The first-order valence-electron chi connectivity index (χ1n) is 8.35. The van der Waals surface area contributed by atoms with Gasteiger partial charge in [-0.25, -0.2) is 13.2 Å². The number of allylic oxidation sites excluding steroid dienone is 1. The summed E-state index contributed by atoms with van der Waals surface area (Å²) >= 11 is 0. The molecule has 0 amide bonds. The van der Waals surface area contributed by atoms with Crippen LogP contribution >= 0.6 is 0 Å². The second-order valence-electron chi connectivity index (χ2n) is 5.67.